The third kappa shape index (κ3) is 3.84. The minimum Gasteiger partial charge on any atom is -0.341 e. The second-order valence-corrected chi connectivity index (χ2v) is 8.86. The molecule has 0 aliphatic carbocycles. The smallest absolute Gasteiger partial charge is 0.253 e. The summed E-state index contributed by atoms with van der Waals surface area (Å²) >= 11 is 0. The van der Waals surface area contributed by atoms with Gasteiger partial charge in [-0.25, -0.2) is 8.42 Å². The summed E-state index contributed by atoms with van der Waals surface area (Å²) in [5.74, 6) is -0.0767. The Kier molecular flexibility index (Phi) is 4.73. The van der Waals surface area contributed by atoms with E-state index in [0.717, 1.165) is 5.56 Å². The summed E-state index contributed by atoms with van der Waals surface area (Å²) in [6.07, 6.45) is 1.82. The van der Waals surface area contributed by atoms with Crippen LogP contribution in [0.25, 0.3) is 0 Å². The van der Waals surface area contributed by atoms with Crippen LogP contribution in [0.4, 0.5) is 5.69 Å². The molecule has 0 aromatic heterocycles. The first kappa shape index (κ1) is 17.7. The van der Waals surface area contributed by atoms with Crippen LogP contribution < -0.4 is 10.0 Å². The molecule has 23 heavy (non-hydrogen) atoms. The highest BCUT2D eigenvalue weighted by Crippen LogP contribution is 2.31. The Balaban J connectivity index is 2.22. The van der Waals surface area contributed by atoms with E-state index < -0.39 is 10.0 Å². The predicted octanol–water partition coefficient (Wildman–Crippen LogP) is 1.07. The van der Waals surface area contributed by atoms with Gasteiger partial charge in [0.2, 0.25) is 10.0 Å². The zero-order valence-corrected chi connectivity index (χ0v) is 15.0. The molecular formula is C16H25N3O3S. The van der Waals surface area contributed by atoms with Gasteiger partial charge in [0.15, 0.2) is 0 Å². The standard InChI is InChI=1S/C16H25N3O3S/c1-16(2,10-17)11-18(3)15(20)13-5-6-14-12(9-13)7-8-19(14)23(4,21)22/h5-6,9H,7-8,10-11,17H2,1-4H3. The average Bonchev–Trinajstić information content (AvgIpc) is 2.88. The van der Waals surface area contributed by atoms with Gasteiger partial charge in [0.25, 0.3) is 5.91 Å². The van der Waals surface area contributed by atoms with Crippen molar-refractivity contribution < 1.29 is 13.2 Å². The molecule has 0 bridgehead atoms. The lowest BCUT2D eigenvalue weighted by Gasteiger charge is -2.29. The van der Waals surface area contributed by atoms with E-state index in [0.29, 0.717) is 37.3 Å². The molecule has 0 saturated heterocycles. The average molecular weight is 339 g/mol. The van der Waals surface area contributed by atoms with E-state index >= 15 is 0 Å². The maximum atomic E-state index is 12.6. The van der Waals surface area contributed by atoms with Gasteiger partial charge in [0, 0.05) is 25.7 Å². The largest absolute Gasteiger partial charge is 0.341 e. The van der Waals surface area contributed by atoms with Crippen molar-refractivity contribution in [2.75, 3.05) is 37.2 Å². The molecule has 1 aromatic rings. The fraction of sp³-hybridized carbons (Fsp3) is 0.562. The number of hydrogen-bond donors (Lipinski definition) is 1. The molecule has 128 valence electrons. The van der Waals surface area contributed by atoms with Crippen LogP contribution in [0.5, 0.6) is 0 Å². The summed E-state index contributed by atoms with van der Waals surface area (Å²) in [5.41, 5.74) is 7.73. The number of carbonyl (C=O) groups excluding carboxylic acids is 1. The molecule has 1 aliphatic rings. The SMILES string of the molecule is CN(CC(C)(C)CN)C(=O)c1ccc2c(c1)CCN2S(C)(=O)=O. The van der Waals surface area contributed by atoms with Crippen molar-refractivity contribution in [1.29, 1.82) is 0 Å². The molecule has 0 saturated carbocycles. The zero-order valence-electron chi connectivity index (χ0n) is 14.2. The van der Waals surface area contributed by atoms with E-state index in [2.05, 4.69) is 0 Å². The van der Waals surface area contributed by atoms with Crippen molar-refractivity contribution in [3.05, 3.63) is 29.3 Å². The van der Waals surface area contributed by atoms with E-state index in [4.69, 9.17) is 5.73 Å². The molecule has 0 fully saturated rings. The van der Waals surface area contributed by atoms with Crippen LogP contribution in [0.15, 0.2) is 18.2 Å². The Morgan fingerprint density at radius 2 is 2.04 bits per heavy atom. The summed E-state index contributed by atoms with van der Waals surface area (Å²) in [5, 5.41) is 0. The molecule has 1 heterocycles. The van der Waals surface area contributed by atoms with Crippen LogP contribution in [0.3, 0.4) is 0 Å². The Morgan fingerprint density at radius 3 is 2.61 bits per heavy atom. The van der Waals surface area contributed by atoms with E-state index in [1.165, 1.54) is 10.6 Å². The highest BCUT2D eigenvalue weighted by atomic mass is 32.2. The van der Waals surface area contributed by atoms with Gasteiger partial charge in [-0.2, -0.15) is 0 Å². The third-order valence-corrected chi connectivity index (χ3v) is 5.32. The number of amides is 1. The van der Waals surface area contributed by atoms with Crippen LogP contribution in [0.2, 0.25) is 0 Å². The fourth-order valence-electron chi connectivity index (χ4n) is 2.85. The summed E-state index contributed by atoms with van der Waals surface area (Å²) in [6.45, 7) is 5.53. The van der Waals surface area contributed by atoms with Crippen LogP contribution in [0.1, 0.15) is 29.8 Å². The number of fused-ring (bicyclic) bond motifs is 1. The van der Waals surface area contributed by atoms with Crippen LogP contribution in [0, 0.1) is 5.41 Å². The Bertz CT molecular complexity index is 713. The molecular weight excluding hydrogens is 314 g/mol. The molecule has 6 nitrogen and oxygen atoms in total. The van der Waals surface area contributed by atoms with Gasteiger partial charge in [-0.05, 0) is 42.1 Å². The Morgan fingerprint density at radius 1 is 1.39 bits per heavy atom. The summed E-state index contributed by atoms with van der Waals surface area (Å²) in [7, 11) is -1.51. The van der Waals surface area contributed by atoms with Gasteiger partial charge < -0.3 is 10.6 Å². The molecule has 0 radical (unpaired) electrons. The fourth-order valence-corrected chi connectivity index (χ4v) is 3.81. The minimum absolute atomic E-state index is 0.0767. The van der Waals surface area contributed by atoms with Gasteiger partial charge in [-0.3, -0.25) is 9.10 Å². The van der Waals surface area contributed by atoms with Crippen molar-refractivity contribution in [2.45, 2.75) is 20.3 Å². The lowest BCUT2D eigenvalue weighted by Crippen LogP contribution is -2.39. The molecule has 1 aliphatic heterocycles. The van der Waals surface area contributed by atoms with Crippen LogP contribution >= 0.6 is 0 Å². The summed E-state index contributed by atoms with van der Waals surface area (Å²) < 4.78 is 24.9. The van der Waals surface area contributed by atoms with E-state index in [-0.39, 0.29) is 11.3 Å². The topological polar surface area (TPSA) is 83.7 Å². The third-order valence-electron chi connectivity index (χ3n) is 4.14. The van der Waals surface area contributed by atoms with Gasteiger partial charge in [0.05, 0.1) is 11.9 Å². The highest BCUT2D eigenvalue weighted by Gasteiger charge is 2.28. The quantitative estimate of drug-likeness (QED) is 0.869. The first-order chi connectivity index (χ1) is 10.5. The molecule has 0 atom stereocenters. The lowest BCUT2D eigenvalue weighted by molar-refractivity contribution is 0.0740. The number of carbonyl (C=O) groups is 1. The number of nitrogens with two attached hydrogens (primary N) is 1. The Labute approximate surface area is 138 Å². The molecule has 0 spiro atoms. The van der Waals surface area contributed by atoms with Gasteiger partial charge >= 0.3 is 0 Å². The van der Waals surface area contributed by atoms with Crippen molar-refractivity contribution in [2.24, 2.45) is 11.1 Å². The van der Waals surface area contributed by atoms with Crippen LogP contribution in [-0.2, 0) is 16.4 Å². The number of anilines is 1. The first-order valence-electron chi connectivity index (χ1n) is 7.61. The van der Waals surface area contributed by atoms with Crippen LogP contribution in [-0.4, -0.2) is 52.2 Å². The monoisotopic (exact) mass is 339 g/mol. The number of benzene rings is 1. The molecule has 1 amide bonds. The second kappa shape index (κ2) is 6.13. The molecule has 7 heteroatoms. The lowest BCUT2D eigenvalue weighted by atomic mass is 9.93. The molecule has 2 N–H and O–H groups in total. The number of rotatable bonds is 5. The molecule has 2 rings (SSSR count). The van der Waals surface area contributed by atoms with E-state index in [9.17, 15) is 13.2 Å². The number of hydrogen-bond acceptors (Lipinski definition) is 4. The highest BCUT2D eigenvalue weighted by molar-refractivity contribution is 7.92. The van der Waals surface area contributed by atoms with Gasteiger partial charge in [0.1, 0.15) is 0 Å². The van der Waals surface area contributed by atoms with Crippen molar-refractivity contribution >= 4 is 21.6 Å². The summed E-state index contributed by atoms with van der Waals surface area (Å²) in [6, 6.07) is 5.21. The number of nitrogens with zero attached hydrogens (tertiary/aromatic N) is 2. The maximum Gasteiger partial charge on any atom is 0.253 e. The predicted molar refractivity (Wildman–Crippen MR) is 92.1 cm³/mol. The zero-order chi connectivity index (χ0) is 17.4. The van der Waals surface area contributed by atoms with Gasteiger partial charge in [-0.1, -0.05) is 13.8 Å². The Hall–Kier alpha value is -1.60. The van der Waals surface area contributed by atoms with Crippen molar-refractivity contribution in [1.82, 2.24) is 4.90 Å². The van der Waals surface area contributed by atoms with Gasteiger partial charge in [-0.15, -0.1) is 0 Å². The summed E-state index contributed by atoms with van der Waals surface area (Å²) in [4.78, 5) is 14.2. The van der Waals surface area contributed by atoms with E-state index in [1.807, 2.05) is 13.8 Å². The number of sulfonamides is 1. The van der Waals surface area contributed by atoms with Crippen molar-refractivity contribution in [3.63, 3.8) is 0 Å². The molecule has 0 unspecified atom stereocenters. The second-order valence-electron chi connectivity index (χ2n) is 6.96. The first-order valence-corrected chi connectivity index (χ1v) is 9.46. The molecule has 1 aromatic carbocycles. The minimum atomic E-state index is -3.27. The van der Waals surface area contributed by atoms with Crippen molar-refractivity contribution in [3.8, 4) is 0 Å². The van der Waals surface area contributed by atoms with E-state index in [1.54, 1.807) is 30.1 Å². The normalized spacial score (nSPS) is 14.7. The maximum absolute atomic E-state index is 12.6.